The average molecular weight is 304 g/mol. The van der Waals surface area contributed by atoms with E-state index in [2.05, 4.69) is 4.74 Å². The number of aromatic hydroxyl groups is 2. The molecule has 0 saturated carbocycles. The van der Waals surface area contributed by atoms with E-state index in [1.54, 1.807) is 12.1 Å². The lowest BCUT2D eigenvalue weighted by Gasteiger charge is -2.01. The Bertz CT molecular complexity index is 651. The third kappa shape index (κ3) is 4.52. The fraction of sp³-hybridized carbons (Fsp3) is 0.125. The molecule has 0 amide bonds. The molecule has 0 radical (unpaired) electrons. The predicted octanol–water partition coefficient (Wildman–Crippen LogP) is 2.39. The van der Waals surface area contributed by atoms with E-state index in [9.17, 15) is 9.59 Å². The van der Waals surface area contributed by atoms with Gasteiger partial charge in [0, 0.05) is 5.56 Å². The normalized spacial score (nSPS) is 9.18. The molecule has 0 atom stereocenters. The van der Waals surface area contributed by atoms with Gasteiger partial charge in [0.2, 0.25) is 0 Å². The first-order valence-electron chi connectivity index (χ1n) is 6.22. The van der Waals surface area contributed by atoms with E-state index >= 15 is 0 Å². The first-order chi connectivity index (χ1) is 10.5. The summed E-state index contributed by atoms with van der Waals surface area (Å²) in [6, 6.07) is 10.6. The van der Waals surface area contributed by atoms with Crippen LogP contribution in [0.3, 0.4) is 0 Å². The van der Waals surface area contributed by atoms with Gasteiger partial charge in [-0.15, -0.1) is 0 Å². The van der Waals surface area contributed by atoms with E-state index in [1.165, 1.54) is 44.6 Å². The van der Waals surface area contributed by atoms with E-state index in [0.717, 1.165) is 0 Å². The molecule has 116 valence electrons. The molecule has 2 rings (SSSR count). The molecule has 2 N–H and O–H groups in total. The molecule has 6 nitrogen and oxygen atoms in total. The van der Waals surface area contributed by atoms with Crippen LogP contribution in [-0.4, -0.2) is 36.7 Å². The van der Waals surface area contributed by atoms with Gasteiger partial charge in [-0.05, 0) is 30.3 Å². The Labute approximate surface area is 127 Å². The van der Waals surface area contributed by atoms with Crippen LogP contribution in [0, 0.1) is 0 Å². The Kier molecular flexibility index (Phi) is 6.43. The Hall–Kier alpha value is -3.02. The summed E-state index contributed by atoms with van der Waals surface area (Å²) in [7, 11) is 2.71. The zero-order valence-corrected chi connectivity index (χ0v) is 12.1. The second-order valence-electron chi connectivity index (χ2n) is 4.06. The van der Waals surface area contributed by atoms with Crippen molar-refractivity contribution >= 4 is 12.3 Å². The molecule has 0 aromatic heterocycles. The molecule has 0 spiro atoms. The molecule has 6 heteroatoms. The number of para-hydroxylation sites is 1. The number of benzene rings is 2. The van der Waals surface area contributed by atoms with Gasteiger partial charge in [-0.1, -0.05) is 12.1 Å². The summed E-state index contributed by atoms with van der Waals surface area (Å²) in [4.78, 5) is 21.1. The first-order valence-corrected chi connectivity index (χ1v) is 6.22. The lowest BCUT2D eigenvalue weighted by Crippen LogP contribution is -2.00. The first kappa shape index (κ1) is 17.0. The second kappa shape index (κ2) is 8.31. The van der Waals surface area contributed by atoms with Crippen molar-refractivity contribution in [2.75, 3.05) is 14.2 Å². The molecule has 0 aliphatic carbocycles. The van der Waals surface area contributed by atoms with E-state index in [-0.39, 0.29) is 17.1 Å². The third-order valence-corrected chi connectivity index (χ3v) is 2.65. The molecule has 2 aromatic rings. The molecule has 0 unspecified atom stereocenters. The summed E-state index contributed by atoms with van der Waals surface area (Å²) >= 11 is 0. The third-order valence-electron chi connectivity index (χ3n) is 2.65. The van der Waals surface area contributed by atoms with Crippen molar-refractivity contribution in [3.05, 3.63) is 53.6 Å². The van der Waals surface area contributed by atoms with Gasteiger partial charge in [0.25, 0.3) is 0 Å². The topological polar surface area (TPSA) is 93.1 Å². The van der Waals surface area contributed by atoms with Gasteiger partial charge in [-0.25, -0.2) is 4.79 Å². The Balaban J connectivity index is 0.000000220. The van der Waals surface area contributed by atoms with Crippen molar-refractivity contribution in [2.24, 2.45) is 0 Å². The molecular weight excluding hydrogens is 288 g/mol. The van der Waals surface area contributed by atoms with Crippen molar-refractivity contribution in [3.8, 4) is 17.2 Å². The summed E-state index contributed by atoms with van der Waals surface area (Å²) < 4.78 is 9.20. The number of hydrogen-bond acceptors (Lipinski definition) is 6. The minimum atomic E-state index is -0.525. The zero-order valence-electron chi connectivity index (χ0n) is 12.1. The van der Waals surface area contributed by atoms with Gasteiger partial charge >= 0.3 is 5.97 Å². The highest BCUT2D eigenvalue weighted by atomic mass is 16.5. The zero-order chi connectivity index (χ0) is 16.5. The molecule has 0 heterocycles. The van der Waals surface area contributed by atoms with Gasteiger partial charge in [0.15, 0.2) is 11.5 Å². The van der Waals surface area contributed by atoms with Crippen LogP contribution in [0.2, 0.25) is 0 Å². The summed E-state index contributed by atoms with van der Waals surface area (Å²) in [6.45, 7) is 0. The maximum absolute atomic E-state index is 10.9. The number of phenolic OH excluding ortho intramolecular Hbond substituents is 2. The molecule has 0 fully saturated rings. The number of ether oxygens (including phenoxy) is 2. The summed E-state index contributed by atoms with van der Waals surface area (Å²) in [5, 5.41) is 18.2. The number of hydrogen-bond donors (Lipinski definition) is 2. The van der Waals surface area contributed by atoms with Crippen LogP contribution in [0.15, 0.2) is 42.5 Å². The number of phenols is 2. The highest BCUT2D eigenvalue weighted by Gasteiger charge is 2.08. The fourth-order valence-electron chi connectivity index (χ4n) is 1.52. The predicted molar refractivity (Wildman–Crippen MR) is 79.5 cm³/mol. The molecule has 22 heavy (non-hydrogen) atoms. The van der Waals surface area contributed by atoms with Crippen LogP contribution in [-0.2, 0) is 4.74 Å². The van der Waals surface area contributed by atoms with Crippen LogP contribution < -0.4 is 4.74 Å². The quantitative estimate of drug-likeness (QED) is 0.668. The maximum Gasteiger partial charge on any atom is 0.341 e. The van der Waals surface area contributed by atoms with Crippen molar-refractivity contribution in [1.82, 2.24) is 0 Å². The van der Waals surface area contributed by atoms with Crippen LogP contribution in [0.4, 0.5) is 0 Å². The summed E-state index contributed by atoms with van der Waals surface area (Å²) in [6.07, 6.45) is 0.696. The fourth-order valence-corrected chi connectivity index (χ4v) is 1.52. The summed E-state index contributed by atoms with van der Waals surface area (Å²) in [5.74, 6) is -0.227. The lowest BCUT2D eigenvalue weighted by atomic mass is 10.2. The van der Waals surface area contributed by atoms with Crippen molar-refractivity contribution in [3.63, 3.8) is 0 Å². The van der Waals surface area contributed by atoms with E-state index in [4.69, 9.17) is 14.9 Å². The lowest BCUT2D eigenvalue weighted by molar-refractivity contribution is 0.0597. The molecular formula is C16H16O6. The molecule has 0 bridgehead atoms. The highest BCUT2D eigenvalue weighted by Crippen LogP contribution is 2.25. The largest absolute Gasteiger partial charge is 0.507 e. The number of methoxy groups -OCH3 is 2. The van der Waals surface area contributed by atoms with Crippen LogP contribution in [0.25, 0.3) is 0 Å². The van der Waals surface area contributed by atoms with E-state index in [0.29, 0.717) is 17.6 Å². The van der Waals surface area contributed by atoms with E-state index in [1.807, 2.05) is 0 Å². The van der Waals surface area contributed by atoms with Crippen molar-refractivity contribution in [2.45, 2.75) is 0 Å². The van der Waals surface area contributed by atoms with Gasteiger partial charge in [0.1, 0.15) is 17.6 Å². The Morgan fingerprint density at radius 3 is 2.27 bits per heavy atom. The van der Waals surface area contributed by atoms with Crippen LogP contribution in [0.1, 0.15) is 20.7 Å². The highest BCUT2D eigenvalue weighted by molar-refractivity contribution is 5.92. The van der Waals surface area contributed by atoms with Crippen molar-refractivity contribution < 1.29 is 29.3 Å². The molecule has 2 aromatic carbocycles. The van der Waals surface area contributed by atoms with Crippen molar-refractivity contribution in [1.29, 1.82) is 0 Å². The van der Waals surface area contributed by atoms with Crippen LogP contribution >= 0.6 is 0 Å². The molecule has 0 aliphatic rings. The van der Waals surface area contributed by atoms with Crippen LogP contribution in [0.5, 0.6) is 17.2 Å². The van der Waals surface area contributed by atoms with Gasteiger partial charge in [0.05, 0.1) is 14.2 Å². The Morgan fingerprint density at radius 1 is 1.05 bits per heavy atom. The monoisotopic (exact) mass is 304 g/mol. The second-order valence-corrected chi connectivity index (χ2v) is 4.06. The van der Waals surface area contributed by atoms with E-state index < -0.39 is 5.97 Å². The SMILES string of the molecule is COC(=O)c1ccccc1O.COc1cc(C=O)ccc1O. The number of aldehydes is 1. The number of carbonyl (C=O) groups excluding carboxylic acids is 2. The standard InChI is InChI=1S/2C8H8O3/c1-11-8-4-6(5-9)2-3-7(8)10;1-11-8(10)6-4-2-3-5-7(6)9/h2-5,10H,1H3;2-5,9H,1H3. The maximum atomic E-state index is 10.9. The van der Waals surface area contributed by atoms with Gasteiger partial charge in [-0.3, -0.25) is 4.79 Å². The minimum absolute atomic E-state index is 0.0399. The Morgan fingerprint density at radius 2 is 1.73 bits per heavy atom. The van der Waals surface area contributed by atoms with Gasteiger partial charge < -0.3 is 19.7 Å². The smallest absolute Gasteiger partial charge is 0.341 e. The average Bonchev–Trinajstić information content (AvgIpc) is 2.55. The number of esters is 1. The molecule has 0 saturated heterocycles. The summed E-state index contributed by atoms with van der Waals surface area (Å²) in [5.41, 5.74) is 0.676. The minimum Gasteiger partial charge on any atom is -0.507 e. The number of rotatable bonds is 3. The number of carbonyl (C=O) groups is 2. The molecule has 0 aliphatic heterocycles. The van der Waals surface area contributed by atoms with Gasteiger partial charge in [-0.2, -0.15) is 0 Å².